The molecule has 0 unspecified atom stereocenters. The highest BCUT2D eigenvalue weighted by Gasteiger charge is 2.17. The molecule has 0 bridgehead atoms. The van der Waals surface area contributed by atoms with Crippen molar-refractivity contribution in [3.8, 4) is 0 Å². The SMILES string of the molecule is Cc1cc(C)cc(/C=C/C(=O)Nc2ccc(C(=O)NC3CCCC3)cc2)c1. The van der Waals surface area contributed by atoms with Crippen LogP contribution < -0.4 is 10.6 Å². The molecule has 1 aliphatic carbocycles. The van der Waals surface area contributed by atoms with Crippen molar-refractivity contribution in [3.05, 3.63) is 70.8 Å². The standard InChI is InChI=1S/C23H26N2O2/c1-16-13-17(2)15-18(14-16)7-12-22(26)24-21-10-8-19(9-11-21)23(27)25-20-5-3-4-6-20/h7-15,20H,3-6H2,1-2H3,(H,24,26)(H,25,27)/b12-7+. The predicted molar refractivity (Wildman–Crippen MR) is 110 cm³/mol. The molecule has 0 atom stereocenters. The maximum atomic E-state index is 12.2. The number of hydrogen-bond acceptors (Lipinski definition) is 2. The normalized spacial score (nSPS) is 14.4. The van der Waals surface area contributed by atoms with Gasteiger partial charge in [0.2, 0.25) is 5.91 Å². The van der Waals surface area contributed by atoms with Crippen molar-refractivity contribution in [2.45, 2.75) is 45.6 Å². The summed E-state index contributed by atoms with van der Waals surface area (Å²) in [4.78, 5) is 24.4. The summed E-state index contributed by atoms with van der Waals surface area (Å²) in [5, 5.41) is 5.89. The van der Waals surface area contributed by atoms with Crippen LogP contribution in [-0.2, 0) is 4.79 Å². The first-order valence-corrected chi connectivity index (χ1v) is 9.48. The van der Waals surface area contributed by atoms with E-state index >= 15 is 0 Å². The van der Waals surface area contributed by atoms with Gasteiger partial charge in [-0.1, -0.05) is 42.2 Å². The second-order valence-corrected chi connectivity index (χ2v) is 7.28. The van der Waals surface area contributed by atoms with Gasteiger partial charge in [-0.25, -0.2) is 0 Å². The Labute approximate surface area is 160 Å². The lowest BCUT2D eigenvalue weighted by atomic mass is 10.1. The molecule has 4 heteroatoms. The number of carbonyl (C=O) groups excluding carboxylic acids is 2. The van der Waals surface area contributed by atoms with Crippen LogP contribution in [0.5, 0.6) is 0 Å². The van der Waals surface area contributed by atoms with Crippen LogP contribution in [0.15, 0.2) is 48.5 Å². The highest BCUT2D eigenvalue weighted by molar-refractivity contribution is 6.02. The lowest BCUT2D eigenvalue weighted by Gasteiger charge is -2.12. The molecule has 1 fully saturated rings. The fourth-order valence-electron chi connectivity index (χ4n) is 3.51. The van der Waals surface area contributed by atoms with Gasteiger partial charge in [0.05, 0.1) is 0 Å². The monoisotopic (exact) mass is 362 g/mol. The van der Waals surface area contributed by atoms with Crippen LogP contribution in [0.25, 0.3) is 6.08 Å². The molecule has 2 N–H and O–H groups in total. The van der Waals surface area contributed by atoms with E-state index in [9.17, 15) is 9.59 Å². The number of carbonyl (C=O) groups is 2. The van der Waals surface area contributed by atoms with Gasteiger partial charge < -0.3 is 10.6 Å². The Kier molecular flexibility index (Phi) is 6.07. The van der Waals surface area contributed by atoms with Crippen molar-refractivity contribution in [1.82, 2.24) is 5.32 Å². The number of aryl methyl sites for hydroxylation is 2. The maximum Gasteiger partial charge on any atom is 0.251 e. The van der Waals surface area contributed by atoms with Gasteiger partial charge in [0.1, 0.15) is 0 Å². The maximum absolute atomic E-state index is 12.2. The van der Waals surface area contributed by atoms with Gasteiger partial charge in [-0.2, -0.15) is 0 Å². The molecule has 2 aromatic carbocycles. The molecule has 1 saturated carbocycles. The van der Waals surface area contributed by atoms with Crippen LogP contribution in [0.1, 0.15) is 52.7 Å². The van der Waals surface area contributed by atoms with Crippen molar-refractivity contribution in [1.29, 1.82) is 0 Å². The minimum atomic E-state index is -0.197. The van der Waals surface area contributed by atoms with E-state index in [1.165, 1.54) is 30.0 Å². The Bertz CT molecular complexity index is 827. The minimum absolute atomic E-state index is 0.0468. The smallest absolute Gasteiger partial charge is 0.251 e. The van der Waals surface area contributed by atoms with Gasteiger partial charge in [-0.15, -0.1) is 0 Å². The zero-order valence-corrected chi connectivity index (χ0v) is 15.9. The lowest BCUT2D eigenvalue weighted by molar-refractivity contribution is -0.111. The Morgan fingerprint density at radius 3 is 2.22 bits per heavy atom. The number of hydrogen-bond donors (Lipinski definition) is 2. The molecular formula is C23H26N2O2. The van der Waals surface area contributed by atoms with E-state index in [2.05, 4.69) is 16.7 Å². The zero-order valence-electron chi connectivity index (χ0n) is 15.9. The predicted octanol–water partition coefficient (Wildman–Crippen LogP) is 4.63. The van der Waals surface area contributed by atoms with Gasteiger partial charge in [-0.3, -0.25) is 9.59 Å². The first-order chi connectivity index (χ1) is 13.0. The largest absolute Gasteiger partial charge is 0.349 e. The molecule has 1 aliphatic rings. The Hall–Kier alpha value is -2.88. The van der Waals surface area contributed by atoms with Crippen LogP contribution in [0.4, 0.5) is 5.69 Å². The summed E-state index contributed by atoms with van der Waals surface area (Å²) in [7, 11) is 0. The molecule has 0 radical (unpaired) electrons. The van der Waals surface area contributed by atoms with Gasteiger partial charge in [0, 0.05) is 23.4 Å². The summed E-state index contributed by atoms with van der Waals surface area (Å²) in [5.41, 5.74) is 4.62. The molecule has 2 aromatic rings. The Balaban J connectivity index is 1.56. The fourth-order valence-corrected chi connectivity index (χ4v) is 3.51. The molecule has 0 aromatic heterocycles. The van der Waals surface area contributed by atoms with Crippen LogP contribution in [-0.4, -0.2) is 17.9 Å². The van der Waals surface area contributed by atoms with E-state index in [0.717, 1.165) is 18.4 Å². The summed E-state index contributed by atoms with van der Waals surface area (Å²) in [6.45, 7) is 4.07. The van der Waals surface area contributed by atoms with Gasteiger partial charge in [-0.05, 0) is 62.6 Å². The van der Waals surface area contributed by atoms with Gasteiger partial charge in [0.25, 0.3) is 5.91 Å². The molecule has 2 amide bonds. The fraction of sp³-hybridized carbons (Fsp3) is 0.304. The first-order valence-electron chi connectivity index (χ1n) is 9.48. The van der Waals surface area contributed by atoms with E-state index < -0.39 is 0 Å². The second kappa shape index (κ2) is 8.67. The summed E-state index contributed by atoms with van der Waals surface area (Å²) >= 11 is 0. The number of rotatable bonds is 5. The van der Waals surface area contributed by atoms with E-state index in [0.29, 0.717) is 17.3 Å². The third kappa shape index (κ3) is 5.55. The number of amides is 2. The number of anilines is 1. The quantitative estimate of drug-likeness (QED) is 0.762. The zero-order chi connectivity index (χ0) is 19.2. The molecule has 0 heterocycles. The first kappa shape index (κ1) is 18.9. The van der Waals surface area contributed by atoms with Gasteiger partial charge in [0.15, 0.2) is 0 Å². The molecule has 0 aliphatic heterocycles. The van der Waals surface area contributed by atoms with Crippen LogP contribution in [0.2, 0.25) is 0 Å². The number of benzene rings is 2. The average Bonchev–Trinajstić information content (AvgIpc) is 3.13. The van der Waals surface area contributed by atoms with E-state index in [1.54, 1.807) is 30.3 Å². The van der Waals surface area contributed by atoms with Crippen molar-refractivity contribution in [3.63, 3.8) is 0 Å². The molecule has 3 rings (SSSR count). The Morgan fingerprint density at radius 1 is 0.963 bits per heavy atom. The molecule has 0 spiro atoms. The molecular weight excluding hydrogens is 336 g/mol. The topological polar surface area (TPSA) is 58.2 Å². The summed E-state index contributed by atoms with van der Waals surface area (Å²) < 4.78 is 0. The van der Waals surface area contributed by atoms with Crippen LogP contribution in [0.3, 0.4) is 0 Å². The van der Waals surface area contributed by atoms with Crippen molar-refractivity contribution >= 4 is 23.6 Å². The second-order valence-electron chi connectivity index (χ2n) is 7.28. The molecule has 140 valence electrons. The van der Waals surface area contributed by atoms with E-state index in [1.807, 2.05) is 26.0 Å². The average molecular weight is 362 g/mol. The lowest BCUT2D eigenvalue weighted by Crippen LogP contribution is -2.32. The third-order valence-electron chi connectivity index (χ3n) is 4.78. The molecule has 4 nitrogen and oxygen atoms in total. The summed E-state index contributed by atoms with van der Waals surface area (Å²) in [5.74, 6) is -0.244. The van der Waals surface area contributed by atoms with E-state index in [-0.39, 0.29) is 11.8 Å². The third-order valence-corrected chi connectivity index (χ3v) is 4.78. The van der Waals surface area contributed by atoms with Crippen LogP contribution in [0, 0.1) is 13.8 Å². The molecule has 0 saturated heterocycles. The van der Waals surface area contributed by atoms with Crippen molar-refractivity contribution in [2.24, 2.45) is 0 Å². The van der Waals surface area contributed by atoms with Crippen LogP contribution >= 0.6 is 0 Å². The molecule has 27 heavy (non-hydrogen) atoms. The van der Waals surface area contributed by atoms with Crippen molar-refractivity contribution < 1.29 is 9.59 Å². The highest BCUT2D eigenvalue weighted by Crippen LogP contribution is 2.18. The highest BCUT2D eigenvalue weighted by atomic mass is 16.2. The van der Waals surface area contributed by atoms with Gasteiger partial charge >= 0.3 is 0 Å². The summed E-state index contributed by atoms with van der Waals surface area (Å²) in [6.07, 6.45) is 7.82. The Morgan fingerprint density at radius 2 is 1.59 bits per heavy atom. The summed E-state index contributed by atoms with van der Waals surface area (Å²) in [6, 6.07) is 13.5. The minimum Gasteiger partial charge on any atom is -0.349 e. The van der Waals surface area contributed by atoms with Crippen molar-refractivity contribution in [2.75, 3.05) is 5.32 Å². The number of nitrogens with one attached hydrogen (secondary N) is 2. The van der Waals surface area contributed by atoms with E-state index in [4.69, 9.17) is 0 Å².